The van der Waals surface area contributed by atoms with E-state index in [0.717, 1.165) is 19.3 Å². The predicted molar refractivity (Wildman–Crippen MR) is 76.0 cm³/mol. The highest BCUT2D eigenvalue weighted by Gasteiger charge is 2.35. The van der Waals surface area contributed by atoms with Crippen molar-refractivity contribution in [2.75, 3.05) is 13.1 Å². The summed E-state index contributed by atoms with van der Waals surface area (Å²) in [4.78, 5) is 13.7. The molecular formula is C15H29NO3. The Kier molecular flexibility index (Phi) is 5.65. The molecule has 1 amide bonds. The number of likely N-dealkylation sites (tertiary alicyclic amines) is 1. The van der Waals surface area contributed by atoms with Crippen LogP contribution in [-0.2, 0) is 4.74 Å². The van der Waals surface area contributed by atoms with E-state index in [1.165, 1.54) is 0 Å². The summed E-state index contributed by atoms with van der Waals surface area (Å²) in [6.07, 6.45) is 2.28. The van der Waals surface area contributed by atoms with Gasteiger partial charge in [-0.15, -0.1) is 0 Å². The van der Waals surface area contributed by atoms with E-state index in [2.05, 4.69) is 13.8 Å². The Hall–Kier alpha value is -0.770. The van der Waals surface area contributed by atoms with Gasteiger partial charge in [-0.25, -0.2) is 4.79 Å². The second-order valence-electron chi connectivity index (χ2n) is 6.54. The number of hydrogen-bond acceptors (Lipinski definition) is 3. The minimum absolute atomic E-state index is 0.192. The van der Waals surface area contributed by atoms with E-state index < -0.39 is 5.60 Å². The standard InChI is InChI=1S/C15H29NO3/c1-6-11(7-2)13(17)12-8-9-16(10-12)14(18)19-15(3,4)5/h11-13,17H,6-10H2,1-5H3/t12-,13+/m0/s1. The summed E-state index contributed by atoms with van der Waals surface area (Å²) in [7, 11) is 0. The van der Waals surface area contributed by atoms with Gasteiger partial charge < -0.3 is 14.7 Å². The zero-order valence-corrected chi connectivity index (χ0v) is 13.0. The van der Waals surface area contributed by atoms with Crippen molar-refractivity contribution in [1.82, 2.24) is 4.90 Å². The number of carbonyl (C=O) groups is 1. The number of rotatable bonds is 4. The molecule has 1 fully saturated rings. The van der Waals surface area contributed by atoms with Crippen molar-refractivity contribution in [3.8, 4) is 0 Å². The molecule has 0 spiro atoms. The SMILES string of the molecule is CCC(CC)[C@@H](O)[C@H]1CCN(C(=O)OC(C)(C)C)C1. The second kappa shape index (κ2) is 6.60. The summed E-state index contributed by atoms with van der Waals surface area (Å²) in [6, 6.07) is 0. The Labute approximate surface area is 117 Å². The topological polar surface area (TPSA) is 49.8 Å². The van der Waals surface area contributed by atoms with Crippen LogP contribution >= 0.6 is 0 Å². The Morgan fingerprint density at radius 1 is 1.37 bits per heavy atom. The lowest BCUT2D eigenvalue weighted by molar-refractivity contribution is 0.0225. The quantitative estimate of drug-likeness (QED) is 0.855. The summed E-state index contributed by atoms with van der Waals surface area (Å²) in [5, 5.41) is 10.4. The molecule has 1 saturated heterocycles. The molecule has 0 aromatic carbocycles. The van der Waals surface area contributed by atoms with Gasteiger partial charge in [0.2, 0.25) is 0 Å². The van der Waals surface area contributed by atoms with Gasteiger partial charge in [0.25, 0.3) is 0 Å². The van der Waals surface area contributed by atoms with Crippen LogP contribution in [0.1, 0.15) is 53.9 Å². The molecule has 0 aliphatic carbocycles. The van der Waals surface area contributed by atoms with Crippen LogP contribution in [0.4, 0.5) is 4.79 Å². The van der Waals surface area contributed by atoms with Gasteiger partial charge in [0.1, 0.15) is 5.60 Å². The first-order valence-electron chi connectivity index (χ1n) is 7.44. The summed E-state index contributed by atoms with van der Waals surface area (Å²) >= 11 is 0. The average molecular weight is 271 g/mol. The minimum atomic E-state index is -0.455. The highest BCUT2D eigenvalue weighted by molar-refractivity contribution is 5.68. The first kappa shape index (κ1) is 16.3. The fourth-order valence-electron chi connectivity index (χ4n) is 2.71. The molecule has 0 saturated carbocycles. The summed E-state index contributed by atoms with van der Waals surface area (Å²) in [5.74, 6) is 0.529. The van der Waals surface area contributed by atoms with Crippen LogP contribution in [0.25, 0.3) is 0 Å². The van der Waals surface area contributed by atoms with E-state index in [9.17, 15) is 9.90 Å². The Balaban J connectivity index is 2.51. The maximum absolute atomic E-state index is 12.0. The maximum atomic E-state index is 12.0. The van der Waals surface area contributed by atoms with Crippen LogP contribution in [0.2, 0.25) is 0 Å². The van der Waals surface area contributed by atoms with Crippen molar-refractivity contribution < 1.29 is 14.6 Å². The van der Waals surface area contributed by atoms with Gasteiger partial charge in [-0.3, -0.25) is 0 Å². The predicted octanol–water partition coefficient (Wildman–Crippen LogP) is 3.04. The van der Waals surface area contributed by atoms with Crippen molar-refractivity contribution >= 4 is 6.09 Å². The van der Waals surface area contributed by atoms with Crippen LogP contribution in [0.3, 0.4) is 0 Å². The lowest BCUT2D eigenvalue weighted by Gasteiger charge is -2.27. The van der Waals surface area contributed by atoms with Crippen molar-refractivity contribution in [3.05, 3.63) is 0 Å². The third kappa shape index (κ3) is 4.68. The first-order valence-corrected chi connectivity index (χ1v) is 7.44. The number of aliphatic hydroxyl groups excluding tert-OH is 1. The van der Waals surface area contributed by atoms with E-state index >= 15 is 0 Å². The van der Waals surface area contributed by atoms with Crippen molar-refractivity contribution in [2.45, 2.75) is 65.6 Å². The Bertz CT molecular complexity index is 294. The molecule has 1 N–H and O–H groups in total. The second-order valence-corrected chi connectivity index (χ2v) is 6.54. The minimum Gasteiger partial charge on any atom is -0.444 e. The molecule has 4 nitrogen and oxygen atoms in total. The number of aliphatic hydroxyl groups is 1. The fourth-order valence-corrected chi connectivity index (χ4v) is 2.71. The number of carbonyl (C=O) groups excluding carboxylic acids is 1. The molecule has 1 aliphatic heterocycles. The molecule has 0 bridgehead atoms. The summed E-state index contributed by atoms with van der Waals surface area (Å²) < 4.78 is 5.37. The lowest BCUT2D eigenvalue weighted by atomic mass is 9.87. The van der Waals surface area contributed by atoms with Gasteiger partial charge in [0.15, 0.2) is 0 Å². The van der Waals surface area contributed by atoms with Crippen LogP contribution in [0.15, 0.2) is 0 Å². The highest BCUT2D eigenvalue weighted by atomic mass is 16.6. The molecule has 0 radical (unpaired) electrons. The molecule has 1 rings (SSSR count). The first-order chi connectivity index (χ1) is 8.78. The van der Waals surface area contributed by atoms with Gasteiger partial charge in [0, 0.05) is 19.0 Å². The largest absolute Gasteiger partial charge is 0.444 e. The third-order valence-electron chi connectivity index (χ3n) is 3.89. The van der Waals surface area contributed by atoms with Gasteiger partial charge in [-0.05, 0) is 33.1 Å². The Morgan fingerprint density at radius 3 is 2.42 bits per heavy atom. The highest BCUT2D eigenvalue weighted by Crippen LogP contribution is 2.28. The molecular weight excluding hydrogens is 242 g/mol. The van der Waals surface area contributed by atoms with E-state index in [4.69, 9.17) is 4.74 Å². The Morgan fingerprint density at radius 2 is 1.95 bits per heavy atom. The van der Waals surface area contributed by atoms with Crippen molar-refractivity contribution in [2.24, 2.45) is 11.8 Å². The molecule has 112 valence electrons. The van der Waals surface area contributed by atoms with E-state index in [-0.39, 0.29) is 18.1 Å². The molecule has 0 aromatic heterocycles. The van der Waals surface area contributed by atoms with E-state index in [0.29, 0.717) is 19.0 Å². The van der Waals surface area contributed by atoms with Crippen molar-refractivity contribution in [1.29, 1.82) is 0 Å². The molecule has 19 heavy (non-hydrogen) atoms. The zero-order chi connectivity index (χ0) is 14.6. The molecule has 1 aliphatic rings. The number of hydrogen-bond donors (Lipinski definition) is 1. The average Bonchev–Trinajstić information content (AvgIpc) is 2.77. The van der Waals surface area contributed by atoms with E-state index in [1.807, 2.05) is 20.8 Å². The van der Waals surface area contributed by atoms with Gasteiger partial charge in [0.05, 0.1) is 6.10 Å². The number of amides is 1. The summed E-state index contributed by atoms with van der Waals surface area (Å²) in [6.45, 7) is 11.1. The number of nitrogens with zero attached hydrogens (tertiary/aromatic N) is 1. The van der Waals surface area contributed by atoms with Crippen LogP contribution in [0.5, 0.6) is 0 Å². The fraction of sp³-hybridized carbons (Fsp3) is 0.933. The third-order valence-corrected chi connectivity index (χ3v) is 3.89. The normalized spacial score (nSPS) is 21.8. The van der Waals surface area contributed by atoms with Gasteiger partial charge >= 0.3 is 6.09 Å². The van der Waals surface area contributed by atoms with Gasteiger partial charge in [-0.2, -0.15) is 0 Å². The van der Waals surface area contributed by atoms with Crippen LogP contribution < -0.4 is 0 Å². The van der Waals surface area contributed by atoms with E-state index in [1.54, 1.807) is 4.90 Å². The van der Waals surface area contributed by atoms with Crippen molar-refractivity contribution in [3.63, 3.8) is 0 Å². The smallest absolute Gasteiger partial charge is 0.410 e. The van der Waals surface area contributed by atoms with Gasteiger partial charge in [-0.1, -0.05) is 26.7 Å². The molecule has 0 aromatic rings. The molecule has 2 atom stereocenters. The lowest BCUT2D eigenvalue weighted by Crippen LogP contribution is -2.37. The monoisotopic (exact) mass is 271 g/mol. The zero-order valence-electron chi connectivity index (χ0n) is 13.0. The maximum Gasteiger partial charge on any atom is 0.410 e. The molecule has 0 unspecified atom stereocenters. The number of ether oxygens (including phenoxy) is 1. The van der Waals surface area contributed by atoms with Crippen LogP contribution in [-0.4, -0.2) is 40.9 Å². The molecule has 1 heterocycles. The van der Waals surface area contributed by atoms with Crippen LogP contribution in [0, 0.1) is 11.8 Å². The molecule has 4 heteroatoms. The summed E-state index contributed by atoms with van der Waals surface area (Å²) in [5.41, 5.74) is -0.455.